The number of hydrogen-bond acceptors (Lipinski definition) is 2. The fourth-order valence-electron chi connectivity index (χ4n) is 3.82. The normalized spacial score (nSPS) is 17.8. The van der Waals surface area contributed by atoms with E-state index < -0.39 is 0 Å². The first kappa shape index (κ1) is 16.6. The number of rotatable bonds is 4. The lowest BCUT2D eigenvalue weighted by atomic mass is 9.84. The van der Waals surface area contributed by atoms with E-state index in [9.17, 15) is 9.59 Å². The molecule has 0 spiro atoms. The molecule has 0 bridgehead atoms. The molecule has 3 amide bonds. The quantitative estimate of drug-likeness (QED) is 0.794. The summed E-state index contributed by atoms with van der Waals surface area (Å²) >= 11 is 0. The Hall–Kier alpha value is -2.82. The Morgan fingerprint density at radius 1 is 1.08 bits per heavy atom. The SMILES string of the molecule is O=C1Cc2cc(CNC(=O)NCC3CCc4ccccc4C3)ccc2N1. The van der Waals surface area contributed by atoms with Gasteiger partial charge in [-0.1, -0.05) is 36.4 Å². The Kier molecular flexibility index (Phi) is 4.61. The Morgan fingerprint density at radius 2 is 1.92 bits per heavy atom. The molecule has 5 nitrogen and oxygen atoms in total. The predicted octanol–water partition coefficient (Wildman–Crippen LogP) is 2.79. The van der Waals surface area contributed by atoms with Gasteiger partial charge in [0.1, 0.15) is 0 Å². The predicted molar refractivity (Wildman–Crippen MR) is 101 cm³/mol. The molecule has 1 aliphatic heterocycles. The highest BCUT2D eigenvalue weighted by Crippen LogP contribution is 2.25. The lowest BCUT2D eigenvalue weighted by Gasteiger charge is -2.24. The summed E-state index contributed by atoms with van der Waals surface area (Å²) in [7, 11) is 0. The molecule has 1 heterocycles. The summed E-state index contributed by atoms with van der Waals surface area (Å²) in [6.45, 7) is 1.16. The van der Waals surface area contributed by atoms with E-state index in [0.29, 0.717) is 25.4 Å². The third kappa shape index (κ3) is 3.72. The number of amides is 3. The molecule has 134 valence electrons. The molecule has 0 radical (unpaired) electrons. The van der Waals surface area contributed by atoms with Crippen LogP contribution in [0.15, 0.2) is 42.5 Å². The summed E-state index contributed by atoms with van der Waals surface area (Å²) in [5.41, 5.74) is 5.73. The van der Waals surface area contributed by atoms with Crippen molar-refractivity contribution in [1.82, 2.24) is 10.6 Å². The number of carbonyl (C=O) groups excluding carboxylic acids is 2. The summed E-state index contributed by atoms with van der Waals surface area (Å²) in [5, 5.41) is 8.72. The van der Waals surface area contributed by atoms with Gasteiger partial charge >= 0.3 is 6.03 Å². The summed E-state index contributed by atoms with van der Waals surface area (Å²) in [4.78, 5) is 23.5. The van der Waals surface area contributed by atoms with Crippen molar-refractivity contribution in [3.05, 3.63) is 64.7 Å². The van der Waals surface area contributed by atoms with Crippen LogP contribution in [0.5, 0.6) is 0 Å². The van der Waals surface area contributed by atoms with Crippen LogP contribution in [0.25, 0.3) is 0 Å². The van der Waals surface area contributed by atoms with Gasteiger partial charge in [0.2, 0.25) is 5.91 Å². The second-order valence-corrected chi connectivity index (χ2v) is 7.16. The van der Waals surface area contributed by atoms with E-state index in [2.05, 4.69) is 40.2 Å². The first-order valence-electron chi connectivity index (χ1n) is 9.17. The number of nitrogens with one attached hydrogen (secondary N) is 3. The fraction of sp³-hybridized carbons (Fsp3) is 0.333. The minimum atomic E-state index is -0.140. The minimum absolute atomic E-state index is 0.0249. The number of urea groups is 1. The van der Waals surface area contributed by atoms with E-state index in [1.54, 1.807) is 0 Å². The Labute approximate surface area is 153 Å². The van der Waals surface area contributed by atoms with Gasteiger partial charge in [-0.3, -0.25) is 4.79 Å². The van der Waals surface area contributed by atoms with E-state index in [-0.39, 0.29) is 11.9 Å². The van der Waals surface area contributed by atoms with Crippen LogP contribution in [0, 0.1) is 5.92 Å². The minimum Gasteiger partial charge on any atom is -0.338 e. The maximum atomic E-state index is 12.1. The molecular weight excluding hydrogens is 326 g/mol. The van der Waals surface area contributed by atoms with Crippen LogP contribution in [-0.2, 0) is 30.6 Å². The number of anilines is 1. The fourth-order valence-corrected chi connectivity index (χ4v) is 3.82. The van der Waals surface area contributed by atoms with Crippen molar-refractivity contribution in [3.63, 3.8) is 0 Å². The second kappa shape index (κ2) is 7.20. The largest absolute Gasteiger partial charge is 0.338 e. The van der Waals surface area contributed by atoms with E-state index in [1.165, 1.54) is 11.1 Å². The van der Waals surface area contributed by atoms with Crippen LogP contribution in [0.2, 0.25) is 0 Å². The molecule has 26 heavy (non-hydrogen) atoms. The molecule has 4 rings (SSSR count). The monoisotopic (exact) mass is 349 g/mol. The average molecular weight is 349 g/mol. The molecule has 0 fully saturated rings. The molecule has 3 N–H and O–H groups in total. The molecule has 0 aromatic heterocycles. The summed E-state index contributed by atoms with van der Waals surface area (Å²) < 4.78 is 0. The first-order valence-corrected chi connectivity index (χ1v) is 9.17. The molecular formula is C21H23N3O2. The third-order valence-electron chi connectivity index (χ3n) is 5.25. The Balaban J connectivity index is 1.24. The van der Waals surface area contributed by atoms with Crippen LogP contribution in [0.1, 0.15) is 28.7 Å². The first-order chi connectivity index (χ1) is 12.7. The van der Waals surface area contributed by atoms with Crippen LogP contribution < -0.4 is 16.0 Å². The van der Waals surface area contributed by atoms with Crippen LogP contribution in [-0.4, -0.2) is 18.5 Å². The molecule has 0 saturated carbocycles. The van der Waals surface area contributed by atoms with Crippen LogP contribution in [0.3, 0.4) is 0 Å². The Bertz CT molecular complexity index is 847. The van der Waals surface area contributed by atoms with Crippen molar-refractivity contribution in [2.45, 2.75) is 32.2 Å². The number of hydrogen-bond donors (Lipinski definition) is 3. The maximum absolute atomic E-state index is 12.1. The van der Waals surface area contributed by atoms with Crippen LogP contribution in [0.4, 0.5) is 10.5 Å². The second-order valence-electron chi connectivity index (χ2n) is 7.16. The van der Waals surface area contributed by atoms with Gasteiger partial charge in [-0.2, -0.15) is 0 Å². The molecule has 2 aromatic carbocycles. The number of aryl methyl sites for hydroxylation is 1. The molecule has 5 heteroatoms. The summed E-state index contributed by atoms with van der Waals surface area (Å²) in [6.07, 6.45) is 3.65. The van der Waals surface area contributed by atoms with Gasteiger partial charge in [-0.05, 0) is 53.5 Å². The molecule has 1 atom stereocenters. The molecule has 2 aromatic rings. The van der Waals surface area contributed by atoms with Gasteiger partial charge in [0, 0.05) is 18.8 Å². The van der Waals surface area contributed by atoms with Gasteiger partial charge in [0.05, 0.1) is 6.42 Å². The summed E-state index contributed by atoms with van der Waals surface area (Å²) in [6, 6.07) is 14.2. The van der Waals surface area contributed by atoms with Crippen LogP contribution >= 0.6 is 0 Å². The van der Waals surface area contributed by atoms with Gasteiger partial charge in [-0.25, -0.2) is 4.79 Å². The van der Waals surface area contributed by atoms with E-state index >= 15 is 0 Å². The average Bonchev–Trinajstić information content (AvgIpc) is 3.03. The van der Waals surface area contributed by atoms with Gasteiger partial charge < -0.3 is 16.0 Å². The van der Waals surface area contributed by atoms with Crippen molar-refractivity contribution >= 4 is 17.6 Å². The number of benzene rings is 2. The molecule has 1 aliphatic carbocycles. The molecule has 1 unspecified atom stereocenters. The van der Waals surface area contributed by atoms with Gasteiger partial charge in [0.25, 0.3) is 0 Å². The zero-order chi connectivity index (χ0) is 17.9. The molecule has 2 aliphatic rings. The van der Waals surface area contributed by atoms with Crippen molar-refractivity contribution in [1.29, 1.82) is 0 Å². The smallest absolute Gasteiger partial charge is 0.315 e. The topological polar surface area (TPSA) is 70.2 Å². The van der Waals surface area contributed by atoms with Crippen molar-refractivity contribution in [3.8, 4) is 0 Å². The third-order valence-corrected chi connectivity index (χ3v) is 5.25. The molecule has 0 saturated heterocycles. The number of carbonyl (C=O) groups is 2. The zero-order valence-corrected chi connectivity index (χ0v) is 14.7. The van der Waals surface area contributed by atoms with E-state index in [1.807, 2.05) is 18.2 Å². The van der Waals surface area contributed by atoms with E-state index in [0.717, 1.165) is 36.1 Å². The number of fused-ring (bicyclic) bond motifs is 2. The standard InChI is InChI=1S/C21H23N3O2/c25-20-11-18-10-15(6-8-19(18)24-20)13-23-21(26)22-12-14-5-7-16-3-1-2-4-17(16)9-14/h1-4,6,8,10,14H,5,7,9,11-13H2,(H,24,25)(H2,22,23,26). The van der Waals surface area contributed by atoms with Gasteiger partial charge in [-0.15, -0.1) is 0 Å². The highest BCUT2D eigenvalue weighted by Gasteiger charge is 2.19. The zero-order valence-electron chi connectivity index (χ0n) is 14.7. The van der Waals surface area contributed by atoms with Gasteiger partial charge in [0.15, 0.2) is 0 Å². The lowest BCUT2D eigenvalue weighted by molar-refractivity contribution is -0.115. The van der Waals surface area contributed by atoms with Crippen molar-refractivity contribution < 1.29 is 9.59 Å². The van der Waals surface area contributed by atoms with Crippen molar-refractivity contribution in [2.75, 3.05) is 11.9 Å². The maximum Gasteiger partial charge on any atom is 0.315 e. The van der Waals surface area contributed by atoms with E-state index in [4.69, 9.17) is 0 Å². The highest BCUT2D eigenvalue weighted by atomic mass is 16.2. The lowest BCUT2D eigenvalue weighted by Crippen LogP contribution is -2.39. The summed E-state index contributed by atoms with van der Waals surface area (Å²) in [5.74, 6) is 0.518. The highest BCUT2D eigenvalue weighted by molar-refractivity contribution is 5.99. The Morgan fingerprint density at radius 3 is 2.81 bits per heavy atom. The van der Waals surface area contributed by atoms with Crippen molar-refractivity contribution in [2.24, 2.45) is 5.92 Å².